The fourth-order valence-corrected chi connectivity index (χ4v) is 2.84. The third kappa shape index (κ3) is 3.73. The van der Waals surface area contributed by atoms with E-state index in [1.54, 1.807) is 6.92 Å². The van der Waals surface area contributed by atoms with Crippen molar-refractivity contribution in [3.63, 3.8) is 0 Å². The minimum Gasteiger partial charge on any atom is -0.392 e. The number of nitrogens with zero attached hydrogens (tertiary/aromatic N) is 1. The van der Waals surface area contributed by atoms with Crippen LogP contribution in [0.15, 0.2) is 18.2 Å². The zero-order valence-electron chi connectivity index (χ0n) is 12.4. The first-order chi connectivity index (χ1) is 9.60. The molecule has 1 amide bonds. The molecule has 0 radical (unpaired) electrons. The second kappa shape index (κ2) is 6.75. The summed E-state index contributed by atoms with van der Waals surface area (Å²) in [4.78, 5) is 13.3. The number of hydrogen-bond donors (Lipinski definition) is 2. The molecule has 1 saturated heterocycles. The number of benzene rings is 1. The summed E-state index contributed by atoms with van der Waals surface area (Å²) in [7, 11) is 0. The van der Waals surface area contributed by atoms with Crippen molar-refractivity contribution in [3.8, 4) is 0 Å². The van der Waals surface area contributed by atoms with E-state index in [2.05, 4.69) is 29.3 Å². The van der Waals surface area contributed by atoms with Gasteiger partial charge in [0.2, 0.25) is 5.91 Å². The largest absolute Gasteiger partial charge is 0.392 e. The first-order valence-corrected chi connectivity index (χ1v) is 7.30. The van der Waals surface area contributed by atoms with Crippen molar-refractivity contribution in [1.29, 1.82) is 0 Å². The van der Waals surface area contributed by atoms with Gasteiger partial charge in [-0.3, -0.25) is 4.79 Å². The van der Waals surface area contributed by atoms with Gasteiger partial charge in [0.1, 0.15) is 0 Å². The van der Waals surface area contributed by atoms with E-state index < -0.39 is 0 Å². The molecule has 1 aliphatic rings. The minimum atomic E-state index is 0.0582. The Labute approximate surface area is 120 Å². The van der Waals surface area contributed by atoms with Gasteiger partial charge in [-0.2, -0.15) is 0 Å². The SMILES string of the molecule is CC(=O)NCC1CCN(c2ccc(CO)cc2C)CC1. The smallest absolute Gasteiger partial charge is 0.216 e. The Morgan fingerprint density at radius 3 is 2.65 bits per heavy atom. The van der Waals surface area contributed by atoms with E-state index in [1.165, 1.54) is 11.3 Å². The lowest BCUT2D eigenvalue weighted by Crippen LogP contribution is -2.38. The number of piperidine rings is 1. The van der Waals surface area contributed by atoms with Crippen molar-refractivity contribution < 1.29 is 9.90 Å². The normalized spacial score (nSPS) is 16.2. The third-order valence-corrected chi connectivity index (χ3v) is 4.04. The van der Waals surface area contributed by atoms with Gasteiger partial charge in [0.05, 0.1) is 6.61 Å². The number of amides is 1. The molecule has 0 aliphatic carbocycles. The Morgan fingerprint density at radius 2 is 2.10 bits per heavy atom. The van der Waals surface area contributed by atoms with Crippen molar-refractivity contribution in [3.05, 3.63) is 29.3 Å². The summed E-state index contributed by atoms with van der Waals surface area (Å²) in [5.41, 5.74) is 3.45. The molecule has 0 aromatic heterocycles. The summed E-state index contributed by atoms with van der Waals surface area (Å²) in [5, 5.41) is 12.1. The van der Waals surface area contributed by atoms with Crippen LogP contribution in [-0.4, -0.2) is 30.6 Å². The topological polar surface area (TPSA) is 52.6 Å². The third-order valence-electron chi connectivity index (χ3n) is 4.04. The average Bonchev–Trinajstić information content (AvgIpc) is 2.45. The lowest BCUT2D eigenvalue weighted by Gasteiger charge is -2.34. The molecule has 0 unspecified atom stereocenters. The lowest BCUT2D eigenvalue weighted by atomic mass is 9.95. The molecule has 1 fully saturated rings. The standard InChI is InChI=1S/C16H24N2O2/c1-12-9-15(11-19)3-4-16(12)18-7-5-14(6-8-18)10-17-13(2)20/h3-4,9,14,19H,5-8,10-11H2,1-2H3,(H,17,20). The number of anilines is 1. The Hall–Kier alpha value is -1.55. The molecule has 1 heterocycles. The number of carbonyl (C=O) groups is 1. The summed E-state index contributed by atoms with van der Waals surface area (Å²) < 4.78 is 0. The summed E-state index contributed by atoms with van der Waals surface area (Å²) in [6, 6.07) is 6.15. The number of rotatable bonds is 4. The first kappa shape index (κ1) is 14.9. The highest BCUT2D eigenvalue weighted by molar-refractivity contribution is 5.72. The second-order valence-electron chi connectivity index (χ2n) is 5.65. The minimum absolute atomic E-state index is 0.0582. The number of nitrogens with one attached hydrogen (secondary N) is 1. The van der Waals surface area contributed by atoms with Crippen LogP contribution in [0.2, 0.25) is 0 Å². The van der Waals surface area contributed by atoms with Crippen LogP contribution >= 0.6 is 0 Å². The molecular formula is C16H24N2O2. The molecule has 2 rings (SSSR count). The predicted octanol–water partition coefficient (Wildman–Crippen LogP) is 1.84. The molecule has 1 aromatic rings. The van der Waals surface area contributed by atoms with Gasteiger partial charge in [-0.15, -0.1) is 0 Å². The number of aryl methyl sites for hydroxylation is 1. The fourth-order valence-electron chi connectivity index (χ4n) is 2.84. The van der Waals surface area contributed by atoms with Gasteiger partial charge in [-0.05, 0) is 42.9 Å². The van der Waals surface area contributed by atoms with Crippen LogP contribution in [-0.2, 0) is 11.4 Å². The highest BCUT2D eigenvalue weighted by atomic mass is 16.3. The van der Waals surface area contributed by atoms with Crippen molar-refractivity contribution in [2.75, 3.05) is 24.5 Å². The Bertz CT molecular complexity index is 466. The van der Waals surface area contributed by atoms with Crippen LogP contribution in [0, 0.1) is 12.8 Å². The molecule has 4 nitrogen and oxygen atoms in total. The molecule has 0 spiro atoms. The zero-order valence-corrected chi connectivity index (χ0v) is 12.4. The number of aliphatic hydroxyl groups excluding tert-OH is 1. The van der Waals surface area contributed by atoms with Crippen molar-refractivity contribution in [2.24, 2.45) is 5.92 Å². The molecule has 1 aromatic carbocycles. The monoisotopic (exact) mass is 276 g/mol. The molecule has 2 N–H and O–H groups in total. The quantitative estimate of drug-likeness (QED) is 0.882. The van der Waals surface area contributed by atoms with Crippen LogP contribution in [0.4, 0.5) is 5.69 Å². The van der Waals surface area contributed by atoms with E-state index in [0.717, 1.165) is 38.0 Å². The van der Waals surface area contributed by atoms with E-state index in [4.69, 9.17) is 5.11 Å². The van der Waals surface area contributed by atoms with Crippen LogP contribution in [0.25, 0.3) is 0 Å². The first-order valence-electron chi connectivity index (χ1n) is 7.30. The van der Waals surface area contributed by atoms with Crippen molar-refractivity contribution >= 4 is 11.6 Å². The molecule has 0 atom stereocenters. The van der Waals surface area contributed by atoms with Crippen LogP contribution in [0.5, 0.6) is 0 Å². The number of aliphatic hydroxyl groups is 1. The zero-order chi connectivity index (χ0) is 14.5. The molecule has 0 saturated carbocycles. The van der Waals surface area contributed by atoms with E-state index in [9.17, 15) is 4.79 Å². The maximum absolute atomic E-state index is 10.9. The van der Waals surface area contributed by atoms with Crippen LogP contribution in [0.3, 0.4) is 0 Å². The van der Waals surface area contributed by atoms with Gasteiger partial charge < -0.3 is 15.3 Å². The van der Waals surface area contributed by atoms with E-state index in [-0.39, 0.29) is 12.5 Å². The van der Waals surface area contributed by atoms with Crippen molar-refractivity contribution in [1.82, 2.24) is 5.32 Å². The van der Waals surface area contributed by atoms with E-state index >= 15 is 0 Å². The molecule has 110 valence electrons. The molecule has 1 aliphatic heterocycles. The van der Waals surface area contributed by atoms with Gasteiger partial charge in [0, 0.05) is 32.2 Å². The number of carbonyl (C=O) groups excluding carboxylic acids is 1. The van der Waals surface area contributed by atoms with Gasteiger partial charge in [0.15, 0.2) is 0 Å². The average molecular weight is 276 g/mol. The molecule has 0 bridgehead atoms. The highest BCUT2D eigenvalue weighted by Crippen LogP contribution is 2.26. The Kier molecular flexibility index (Phi) is 5.01. The molecule has 20 heavy (non-hydrogen) atoms. The van der Waals surface area contributed by atoms with E-state index in [0.29, 0.717) is 5.92 Å². The Balaban J connectivity index is 1.92. The van der Waals surface area contributed by atoms with Crippen LogP contribution in [0.1, 0.15) is 30.9 Å². The summed E-state index contributed by atoms with van der Waals surface area (Å²) in [6.07, 6.45) is 2.23. The molecule has 4 heteroatoms. The Morgan fingerprint density at radius 1 is 1.40 bits per heavy atom. The molecular weight excluding hydrogens is 252 g/mol. The van der Waals surface area contributed by atoms with Crippen molar-refractivity contribution in [2.45, 2.75) is 33.3 Å². The maximum Gasteiger partial charge on any atom is 0.216 e. The maximum atomic E-state index is 10.9. The van der Waals surface area contributed by atoms with E-state index in [1.807, 2.05) is 6.07 Å². The lowest BCUT2D eigenvalue weighted by molar-refractivity contribution is -0.119. The van der Waals surface area contributed by atoms with Gasteiger partial charge in [-0.25, -0.2) is 0 Å². The predicted molar refractivity (Wildman–Crippen MR) is 80.7 cm³/mol. The second-order valence-corrected chi connectivity index (χ2v) is 5.65. The van der Waals surface area contributed by atoms with Gasteiger partial charge in [-0.1, -0.05) is 12.1 Å². The van der Waals surface area contributed by atoms with Gasteiger partial charge >= 0.3 is 0 Å². The summed E-state index contributed by atoms with van der Waals surface area (Å²) in [6.45, 7) is 6.62. The fraction of sp³-hybridized carbons (Fsp3) is 0.562. The van der Waals surface area contributed by atoms with Gasteiger partial charge in [0.25, 0.3) is 0 Å². The number of hydrogen-bond acceptors (Lipinski definition) is 3. The van der Waals surface area contributed by atoms with Crippen LogP contribution < -0.4 is 10.2 Å². The highest BCUT2D eigenvalue weighted by Gasteiger charge is 2.20. The summed E-state index contributed by atoms with van der Waals surface area (Å²) in [5.74, 6) is 0.648. The summed E-state index contributed by atoms with van der Waals surface area (Å²) >= 11 is 0.